The average molecular weight is 458 g/mol. The highest BCUT2D eigenvalue weighted by Gasteiger charge is 2.25. The summed E-state index contributed by atoms with van der Waals surface area (Å²) < 4.78 is 15.9. The minimum Gasteiger partial charge on any atom is -0.497 e. The maximum Gasteiger partial charge on any atom is 0.276 e. The van der Waals surface area contributed by atoms with Crippen molar-refractivity contribution in [2.45, 2.75) is 33.7 Å². The molecule has 9 nitrogen and oxygen atoms in total. The van der Waals surface area contributed by atoms with Crippen LogP contribution in [0.1, 0.15) is 35.3 Å². The third-order valence-corrected chi connectivity index (χ3v) is 4.88. The highest BCUT2D eigenvalue weighted by molar-refractivity contribution is 5.98. The standard InChI is InChI=1S/C24H31N3O6/c1-14(2)22(25-23(29)17-10-18(31-5)12-19(11-17)32-6)24(30)27-26-21(28)13-33-20-9-15(3)7-8-16(20)4/h7-12,14,22H,13H2,1-6H3,(H,25,29)(H,26,28)(H,27,30). The van der Waals surface area contributed by atoms with E-state index in [1.165, 1.54) is 14.2 Å². The molecule has 1 unspecified atom stereocenters. The molecule has 2 aromatic rings. The van der Waals surface area contributed by atoms with Gasteiger partial charge in [-0.15, -0.1) is 0 Å². The zero-order valence-electron chi connectivity index (χ0n) is 19.8. The molecule has 0 aromatic heterocycles. The SMILES string of the molecule is COc1cc(OC)cc(C(=O)NC(C(=O)NNC(=O)COc2cc(C)ccc2C)C(C)C)c1. The molecule has 0 heterocycles. The van der Waals surface area contributed by atoms with E-state index >= 15 is 0 Å². The Bertz CT molecular complexity index is 983. The Labute approximate surface area is 193 Å². The summed E-state index contributed by atoms with van der Waals surface area (Å²) in [5, 5.41) is 2.69. The lowest BCUT2D eigenvalue weighted by Gasteiger charge is -2.22. The second-order valence-electron chi connectivity index (χ2n) is 7.89. The van der Waals surface area contributed by atoms with Gasteiger partial charge in [0.1, 0.15) is 23.3 Å². The maximum atomic E-state index is 12.7. The van der Waals surface area contributed by atoms with Gasteiger partial charge in [0.15, 0.2) is 6.61 Å². The second kappa shape index (κ2) is 11.8. The third-order valence-electron chi connectivity index (χ3n) is 4.88. The molecular weight excluding hydrogens is 426 g/mol. The predicted molar refractivity (Wildman–Crippen MR) is 123 cm³/mol. The molecule has 0 aliphatic carbocycles. The van der Waals surface area contributed by atoms with E-state index in [9.17, 15) is 14.4 Å². The first-order chi connectivity index (χ1) is 15.6. The van der Waals surface area contributed by atoms with Gasteiger partial charge >= 0.3 is 0 Å². The van der Waals surface area contributed by atoms with E-state index < -0.39 is 23.8 Å². The summed E-state index contributed by atoms with van der Waals surface area (Å²) in [6.07, 6.45) is 0. The summed E-state index contributed by atoms with van der Waals surface area (Å²) in [4.78, 5) is 37.5. The van der Waals surface area contributed by atoms with Crippen molar-refractivity contribution in [3.63, 3.8) is 0 Å². The zero-order chi connectivity index (χ0) is 24.5. The summed E-state index contributed by atoms with van der Waals surface area (Å²) in [5.41, 5.74) is 6.84. The highest BCUT2D eigenvalue weighted by atomic mass is 16.5. The van der Waals surface area contributed by atoms with Crippen molar-refractivity contribution in [3.8, 4) is 17.2 Å². The van der Waals surface area contributed by atoms with Crippen LogP contribution in [0.5, 0.6) is 17.2 Å². The van der Waals surface area contributed by atoms with Gasteiger partial charge in [-0.1, -0.05) is 26.0 Å². The van der Waals surface area contributed by atoms with E-state index in [-0.39, 0.29) is 18.1 Å². The van der Waals surface area contributed by atoms with E-state index in [4.69, 9.17) is 14.2 Å². The fraction of sp³-hybridized carbons (Fsp3) is 0.375. The summed E-state index contributed by atoms with van der Waals surface area (Å²) in [7, 11) is 2.96. The lowest BCUT2D eigenvalue weighted by atomic mass is 10.0. The van der Waals surface area contributed by atoms with Crippen LogP contribution in [0, 0.1) is 19.8 Å². The number of aryl methyl sites for hydroxylation is 2. The molecule has 3 amide bonds. The van der Waals surface area contributed by atoms with Crippen LogP contribution in [0.15, 0.2) is 36.4 Å². The Hall–Kier alpha value is -3.75. The number of carbonyl (C=O) groups is 3. The fourth-order valence-electron chi connectivity index (χ4n) is 2.95. The number of ether oxygens (including phenoxy) is 3. The number of amides is 3. The average Bonchev–Trinajstić information content (AvgIpc) is 2.80. The monoisotopic (exact) mass is 457 g/mol. The number of benzene rings is 2. The van der Waals surface area contributed by atoms with Crippen molar-refractivity contribution in [1.82, 2.24) is 16.2 Å². The van der Waals surface area contributed by atoms with E-state index in [1.54, 1.807) is 32.0 Å². The van der Waals surface area contributed by atoms with E-state index in [2.05, 4.69) is 16.2 Å². The van der Waals surface area contributed by atoms with Crippen molar-refractivity contribution in [2.75, 3.05) is 20.8 Å². The van der Waals surface area contributed by atoms with Crippen molar-refractivity contribution < 1.29 is 28.6 Å². The Morgan fingerprint density at radius 2 is 1.55 bits per heavy atom. The summed E-state index contributed by atoms with van der Waals surface area (Å²) in [5.74, 6) is -0.334. The van der Waals surface area contributed by atoms with Gasteiger partial charge in [0, 0.05) is 11.6 Å². The van der Waals surface area contributed by atoms with Crippen LogP contribution in [0.2, 0.25) is 0 Å². The van der Waals surface area contributed by atoms with Crippen molar-refractivity contribution in [1.29, 1.82) is 0 Å². The molecule has 2 rings (SSSR count). The topological polar surface area (TPSA) is 115 Å². The minimum atomic E-state index is -0.894. The lowest BCUT2D eigenvalue weighted by Crippen LogP contribution is -2.55. The molecule has 0 saturated heterocycles. The number of methoxy groups -OCH3 is 2. The molecule has 0 saturated carbocycles. The molecule has 0 radical (unpaired) electrons. The molecule has 33 heavy (non-hydrogen) atoms. The van der Waals surface area contributed by atoms with Gasteiger partial charge in [-0.2, -0.15) is 0 Å². The molecule has 0 bridgehead atoms. The first-order valence-electron chi connectivity index (χ1n) is 10.5. The van der Waals surface area contributed by atoms with E-state index in [1.807, 2.05) is 32.0 Å². The van der Waals surface area contributed by atoms with Gasteiger partial charge < -0.3 is 19.5 Å². The largest absolute Gasteiger partial charge is 0.497 e. The quantitative estimate of drug-likeness (QED) is 0.498. The van der Waals surface area contributed by atoms with Gasteiger partial charge in [0.05, 0.1) is 14.2 Å². The maximum absolute atomic E-state index is 12.7. The molecular formula is C24H31N3O6. The number of rotatable bonds is 9. The van der Waals surface area contributed by atoms with Crippen LogP contribution in [-0.2, 0) is 9.59 Å². The fourth-order valence-corrected chi connectivity index (χ4v) is 2.95. The number of hydrazine groups is 1. The molecule has 0 aliphatic heterocycles. The smallest absolute Gasteiger partial charge is 0.276 e. The van der Waals surface area contributed by atoms with Crippen LogP contribution in [-0.4, -0.2) is 44.6 Å². The highest BCUT2D eigenvalue weighted by Crippen LogP contribution is 2.23. The molecule has 9 heteroatoms. The van der Waals surface area contributed by atoms with Crippen molar-refractivity contribution >= 4 is 17.7 Å². The van der Waals surface area contributed by atoms with Gasteiger partial charge in [-0.05, 0) is 49.1 Å². The van der Waals surface area contributed by atoms with Gasteiger partial charge in [-0.25, -0.2) is 0 Å². The first-order valence-corrected chi connectivity index (χ1v) is 10.5. The Morgan fingerprint density at radius 3 is 2.12 bits per heavy atom. The lowest BCUT2D eigenvalue weighted by molar-refractivity contribution is -0.131. The second-order valence-corrected chi connectivity index (χ2v) is 7.89. The normalized spacial score (nSPS) is 11.4. The molecule has 1 atom stereocenters. The van der Waals surface area contributed by atoms with Crippen LogP contribution in [0.3, 0.4) is 0 Å². The zero-order valence-corrected chi connectivity index (χ0v) is 19.8. The molecule has 178 valence electrons. The van der Waals surface area contributed by atoms with Crippen LogP contribution >= 0.6 is 0 Å². The van der Waals surface area contributed by atoms with Crippen LogP contribution in [0.4, 0.5) is 0 Å². The predicted octanol–water partition coefficient (Wildman–Crippen LogP) is 2.30. The van der Waals surface area contributed by atoms with Gasteiger partial charge in [-0.3, -0.25) is 25.2 Å². The minimum absolute atomic E-state index is 0.246. The molecule has 0 spiro atoms. The Kier molecular flexibility index (Phi) is 9.08. The number of nitrogens with one attached hydrogen (secondary N) is 3. The Morgan fingerprint density at radius 1 is 0.909 bits per heavy atom. The first kappa shape index (κ1) is 25.5. The summed E-state index contributed by atoms with van der Waals surface area (Å²) >= 11 is 0. The van der Waals surface area contributed by atoms with Crippen molar-refractivity contribution in [2.24, 2.45) is 5.92 Å². The molecule has 3 N–H and O–H groups in total. The number of hydrogen-bond donors (Lipinski definition) is 3. The van der Waals surface area contributed by atoms with Gasteiger partial charge in [0.25, 0.3) is 17.7 Å². The molecule has 0 fully saturated rings. The van der Waals surface area contributed by atoms with Crippen LogP contribution in [0.25, 0.3) is 0 Å². The Balaban J connectivity index is 1.96. The van der Waals surface area contributed by atoms with E-state index in [0.29, 0.717) is 17.2 Å². The third kappa shape index (κ3) is 7.41. The van der Waals surface area contributed by atoms with Crippen LogP contribution < -0.4 is 30.4 Å². The summed E-state index contributed by atoms with van der Waals surface area (Å²) in [6.45, 7) is 7.09. The number of carbonyl (C=O) groups excluding carboxylic acids is 3. The molecule has 2 aromatic carbocycles. The van der Waals surface area contributed by atoms with E-state index in [0.717, 1.165) is 11.1 Å². The number of hydrogen-bond acceptors (Lipinski definition) is 6. The van der Waals surface area contributed by atoms with Gasteiger partial charge in [0.2, 0.25) is 0 Å². The summed E-state index contributed by atoms with van der Waals surface area (Å²) in [6, 6.07) is 9.51. The van der Waals surface area contributed by atoms with Crippen molar-refractivity contribution in [3.05, 3.63) is 53.1 Å². The molecule has 0 aliphatic rings.